The molecule has 2 aliphatic rings. The lowest BCUT2D eigenvalue weighted by atomic mass is 9.82. The number of fused-ring (bicyclic) bond motifs is 2. The normalized spacial score (nSPS) is 33.7. The zero-order chi connectivity index (χ0) is 14.2. The molecule has 0 aliphatic heterocycles. The molecule has 5 heteroatoms. The Kier molecular flexibility index (Phi) is 3.94. The van der Waals surface area contributed by atoms with Crippen molar-refractivity contribution in [2.45, 2.75) is 19.4 Å². The molecule has 5 nitrogen and oxygen atoms in total. The van der Waals surface area contributed by atoms with Crippen molar-refractivity contribution in [1.82, 2.24) is 10.2 Å². The highest BCUT2D eigenvalue weighted by Crippen LogP contribution is 2.48. The van der Waals surface area contributed by atoms with E-state index in [1.165, 1.54) is 0 Å². The van der Waals surface area contributed by atoms with Crippen LogP contribution in [0.15, 0.2) is 12.2 Å². The lowest BCUT2D eigenvalue weighted by Gasteiger charge is -2.26. The van der Waals surface area contributed by atoms with Crippen molar-refractivity contribution in [3.05, 3.63) is 12.2 Å². The van der Waals surface area contributed by atoms with Gasteiger partial charge in [0.15, 0.2) is 0 Å². The number of aliphatic carboxylic acids is 1. The van der Waals surface area contributed by atoms with Crippen molar-refractivity contribution in [3.8, 4) is 0 Å². The number of hydrogen-bond acceptors (Lipinski definition) is 3. The maximum absolute atomic E-state index is 12.3. The van der Waals surface area contributed by atoms with Crippen LogP contribution in [0.5, 0.6) is 0 Å². The first-order valence-electron chi connectivity index (χ1n) is 6.76. The van der Waals surface area contributed by atoms with Gasteiger partial charge in [0.25, 0.3) is 0 Å². The van der Waals surface area contributed by atoms with Crippen LogP contribution < -0.4 is 5.32 Å². The molecule has 106 valence electrons. The maximum atomic E-state index is 12.3. The van der Waals surface area contributed by atoms with E-state index in [4.69, 9.17) is 0 Å². The first kappa shape index (κ1) is 14.1. The van der Waals surface area contributed by atoms with Crippen LogP contribution in [0.2, 0.25) is 0 Å². The maximum Gasteiger partial charge on any atom is 0.307 e. The Morgan fingerprint density at radius 3 is 2.42 bits per heavy atom. The molecule has 1 amide bonds. The molecule has 2 bridgehead atoms. The Morgan fingerprint density at radius 2 is 1.89 bits per heavy atom. The Bertz CT molecular complexity index is 405. The Morgan fingerprint density at radius 1 is 1.32 bits per heavy atom. The highest BCUT2D eigenvalue weighted by atomic mass is 16.4. The van der Waals surface area contributed by atoms with E-state index in [0.29, 0.717) is 0 Å². The predicted molar refractivity (Wildman–Crippen MR) is 71.5 cm³/mol. The summed E-state index contributed by atoms with van der Waals surface area (Å²) in [5, 5.41) is 12.3. The molecule has 0 aromatic heterocycles. The van der Waals surface area contributed by atoms with Crippen LogP contribution in [0.4, 0.5) is 0 Å². The van der Waals surface area contributed by atoms with Crippen LogP contribution in [0.3, 0.4) is 0 Å². The van der Waals surface area contributed by atoms with E-state index >= 15 is 0 Å². The molecule has 0 aromatic carbocycles. The third kappa shape index (κ3) is 2.81. The number of carbonyl (C=O) groups excluding carboxylic acids is 1. The van der Waals surface area contributed by atoms with Crippen molar-refractivity contribution in [2.24, 2.45) is 23.7 Å². The summed E-state index contributed by atoms with van der Waals surface area (Å²) in [7, 11) is 3.89. The average molecular weight is 266 g/mol. The van der Waals surface area contributed by atoms with Crippen molar-refractivity contribution >= 4 is 11.9 Å². The first-order chi connectivity index (χ1) is 8.90. The summed E-state index contributed by atoms with van der Waals surface area (Å²) in [4.78, 5) is 25.7. The first-order valence-corrected chi connectivity index (χ1v) is 6.76. The van der Waals surface area contributed by atoms with E-state index in [2.05, 4.69) is 5.32 Å². The molecule has 0 saturated heterocycles. The van der Waals surface area contributed by atoms with Crippen molar-refractivity contribution in [1.29, 1.82) is 0 Å². The minimum Gasteiger partial charge on any atom is -0.481 e. The molecule has 2 rings (SSSR count). The van der Waals surface area contributed by atoms with E-state index in [1.807, 2.05) is 38.1 Å². The number of nitrogens with one attached hydrogen (secondary N) is 1. The molecular weight excluding hydrogens is 244 g/mol. The third-order valence-electron chi connectivity index (χ3n) is 4.07. The molecule has 0 radical (unpaired) electrons. The van der Waals surface area contributed by atoms with Gasteiger partial charge in [-0.3, -0.25) is 9.59 Å². The highest BCUT2D eigenvalue weighted by Gasteiger charge is 2.51. The standard InChI is InChI=1S/C14H22N2O3/c1-8(7-16(2)3)15-13(17)11-9-4-5-10(6-9)12(11)14(18)19/h4-5,8-12H,6-7H2,1-3H3,(H,15,17)(H,18,19). The van der Waals surface area contributed by atoms with Gasteiger partial charge in [-0.15, -0.1) is 0 Å². The van der Waals surface area contributed by atoms with E-state index in [9.17, 15) is 14.7 Å². The summed E-state index contributed by atoms with van der Waals surface area (Å²) in [5.41, 5.74) is 0. The SMILES string of the molecule is CC(CN(C)C)NC(=O)C1C2C=CC(C2)C1C(=O)O. The number of allylic oxidation sites excluding steroid dienone is 2. The Hall–Kier alpha value is -1.36. The van der Waals surface area contributed by atoms with Gasteiger partial charge in [0.05, 0.1) is 11.8 Å². The molecule has 0 spiro atoms. The molecule has 5 atom stereocenters. The molecule has 2 aliphatic carbocycles. The van der Waals surface area contributed by atoms with Crippen LogP contribution in [0.25, 0.3) is 0 Å². The lowest BCUT2D eigenvalue weighted by molar-refractivity contribution is -0.148. The number of rotatable bonds is 5. The lowest BCUT2D eigenvalue weighted by Crippen LogP contribution is -2.46. The fourth-order valence-electron chi connectivity index (χ4n) is 3.45. The molecule has 5 unspecified atom stereocenters. The smallest absolute Gasteiger partial charge is 0.307 e. The van der Waals surface area contributed by atoms with Gasteiger partial charge in [0.1, 0.15) is 0 Å². The van der Waals surface area contributed by atoms with Crippen molar-refractivity contribution in [2.75, 3.05) is 20.6 Å². The quantitative estimate of drug-likeness (QED) is 0.714. The van der Waals surface area contributed by atoms with Crippen LogP contribution in [0, 0.1) is 23.7 Å². The molecule has 0 heterocycles. The van der Waals surface area contributed by atoms with Crippen LogP contribution >= 0.6 is 0 Å². The van der Waals surface area contributed by atoms with Gasteiger partial charge >= 0.3 is 5.97 Å². The number of amides is 1. The number of carboxylic acids is 1. The third-order valence-corrected chi connectivity index (χ3v) is 4.07. The second-order valence-electron chi connectivity index (χ2n) is 6.01. The average Bonchev–Trinajstić information content (AvgIpc) is 2.86. The summed E-state index contributed by atoms with van der Waals surface area (Å²) in [6, 6.07) is 0.0278. The van der Waals surface area contributed by atoms with E-state index < -0.39 is 17.8 Å². The fourth-order valence-corrected chi connectivity index (χ4v) is 3.45. The van der Waals surface area contributed by atoms with E-state index in [-0.39, 0.29) is 23.8 Å². The number of hydrogen-bond donors (Lipinski definition) is 2. The summed E-state index contributed by atoms with van der Waals surface area (Å²) >= 11 is 0. The number of carboxylic acid groups (broad SMARTS) is 1. The van der Waals surface area contributed by atoms with Crippen molar-refractivity contribution in [3.63, 3.8) is 0 Å². The molecule has 1 fully saturated rings. The summed E-state index contributed by atoms with van der Waals surface area (Å²) in [5.74, 6) is -1.80. The zero-order valence-corrected chi connectivity index (χ0v) is 11.7. The largest absolute Gasteiger partial charge is 0.481 e. The van der Waals surface area contributed by atoms with Gasteiger partial charge in [0.2, 0.25) is 5.91 Å². The number of likely N-dealkylation sites (N-methyl/N-ethyl adjacent to an activating group) is 1. The summed E-state index contributed by atoms with van der Waals surface area (Å²) in [6.07, 6.45) is 4.76. The summed E-state index contributed by atoms with van der Waals surface area (Å²) in [6.45, 7) is 2.69. The predicted octanol–water partition coefficient (Wildman–Crippen LogP) is 0.576. The summed E-state index contributed by atoms with van der Waals surface area (Å²) < 4.78 is 0. The fraction of sp³-hybridized carbons (Fsp3) is 0.714. The molecule has 2 N–H and O–H groups in total. The van der Waals surface area contributed by atoms with Gasteiger partial charge in [0, 0.05) is 12.6 Å². The highest BCUT2D eigenvalue weighted by molar-refractivity contribution is 5.87. The van der Waals surface area contributed by atoms with E-state index in [1.54, 1.807) is 0 Å². The minimum atomic E-state index is -0.850. The van der Waals surface area contributed by atoms with Crippen LogP contribution in [0.1, 0.15) is 13.3 Å². The van der Waals surface area contributed by atoms with Gasteiger partial charge in [-0.25, -0.2) is 0 Å². The monoisotopic (exact) mass is 266 g/mol. The molecule has 1 saturated carbocycles. The topological polar surface area (TPSA) is 69.6 Å². The van der Waals surface area contributed by atoms with Gasteiger partial charge < -0.3 is 15.3 Å². The Labute approximate surface area is 113 Å². The molecule has 0 aromatic rings. The van der Waals surface area contributed by atoms with Crippen LogP contribution in [-0.4, -0.2) is 48.6 Å². The van der Waals surface area contributed by atoms with E-state index in [0.717, 1.165) is 13.0 Å². The molecule has 19 heavy (non-hydrogen) atoms. The van der Waals surface area contributed by atoms with Crippen LogP contribution in [-0.2, 0) is 9.59 Å². The second-order valence-corrected chi connectivity index (χ2v) is 6.01. The van der Waals surface area contributed by atoms with Gasteiger partial charge in [-0.05, 0) is 39.3 Å². The van der Waals surface area contributed by atoms with Gasteiger partial charge in [-0.1, -0.05) is 12.2 Å². The number of nitrogens with zero attached hydrogens (tertiary/aromatic N) is 1. The Balaban J connectivity index is 2.02. The zero-order valence-electron chi connectivity index (χ0n) is 11.7. The molecular formula is C14H22N2O3. The second kappa shape index (κ2) is 5.33. The van der Waals surface area contributed by atoms with Crippen molar-refractivity contribution < 1.29 is 14.7 Å². The van der Waals surface area contributed by atoms with Gasteiger partial charge in [-0.2, -0.15) is 0 Å². The minimum absolute atomic E-state index is 0.0278. The number of carbonyl (C=O) groups is 2.